The molecule has 1 aromatic rings. The van der Waals surface area contributed by atoms with Crippen LogP contribution in [0.5, 0.6) is 0 Å². The van der Waals surface area contributed by atoms with Crippen LogP contribution < -0.4 is 0 Å². The molecule has 1 heterocycles. The highest BCUT2D eigenvalue weighted by atomic mass is 19.4. The van der Waals surface area contributed by atoms with Crippen molar-refractivity contribution in [3.05, 3.63) is 35.6 Å². The topological polar surface area (TPSA) is 20.3 Å². The summed E-state index contributed by atoms with van der Waals surface area (Å²) in [5.74, 6) is -0.720. The van der Waals surface area contributed by atoms with Gasteiger partial charge in [0.15, 0.2) is 0 Å². The Morgan fingerprint density at radius 1 is 1.25 bits per heavy atom. The molecule has 1 amide bonds. The lowest BCUT2D eigenvalue weighted by atomic mass is 9.99. The number of rotatable bonds is 3. The molecule has 0 spiro atoms. The summed E-state index contributed by atoms with van der Waals surface area (Å²) in [5, 5.41) is 0. The molecule has 0 saturated carbocycles. The van der Waals surface area contributed by atoms with Gasteiger partial charge in [0, 0.05) is 25.4 Å². The largest absolute Gasteiger partial charge is 0.389 e. The minimum absolute atomic E-state index is 0.0745. The molecule has 1 atom stereocenters. The molecular weight excluding hydrogens is 274 g/mol. The van der Waals surface area contributed by atoms with Gasteiger partial charge in [-0.3, -0.25) is 4.79 Å². The summed E-state index contributed by atoms with van der Waals surface area (Å²) in [6, 6.07) is 6.01. The molecule has 0 unspecified atom stereocenters. The van der Waals surface area contributed by atoms with Gasteiger partial charge in [0.1, 0.15) is 5.82 Å². The predicted molar refractivity (Wildman–Crippen MR) is 65.6 cm³/mol. The molecule has 1 aliphatic rings. The van der Waals surface area contributed by atoms with Crippen LogP contribution in [-0.4, -0.2) is 30.1 Å². The van der Waals surface area contributed by atoms with Crippen LogP contribution in [0.4, 0.5) is 17.6 Å². The Bertz CT molecular complexity index is 469. The van der Waals surface area contributed by atoms with Gasteiger partial charge in [-0.15, -0.1) is 0 Å². The lowest BCUT2D eigenvalue weighted by Gasteiger charge is -2.17. The van der Waals surface area contributed by atoms with Crippen molar-refractivity contribution in [2.45, 2.75) is 31.4 Å². The first-order valence-electron chi connectivity index (χ1n) is 6.45. The van der Waals surface area contributed by atoms with Crippen molar-refractivity contribution in [2.75, 3.05) is 13.1 Å². The van der Waals surface area contributed by atoms with Gasteiger partial charge in [-0.05, 0) is 24.1 Å². The Morgan fingerprint density at radius 3 is 2.50 bits per heavy atom. The molecule has 0 bridgehead atoms. The number of alkyl halides is 3. The zero-order valence-corrected chi connectivity index (χ0v) is 10.8. The van der Waals surface area contributed by atoms with Crippen molar-refractivity contribution in [1.82, 2.24) is 4.90 Å². The summed E-state index contributed by atoms with van der Waals surface area (Å²) in [5.41, 5.74) is 0.914. The van der Waals surface area contributed by atoms with Gasteiger partial charge in [0.05, 0.1) is 6.42 Å². The van der Waals surface area contributed by atoms with Crippen LogP contribution in [0, 0.1) is 5.82 Å². The molecule has 1 aliphatic heterocycles. The minimum atomic E-state index is -4.30. The number of halogens is 4. The maximum Gasteiger partial charge on any atom is 0.389 e. The second-order valence-corrected chi connectivity index (χ2v) is 4.99. The van der Waals surface area contributed by atoms with Gasteiger partial charge in [-0.2, -0.15) is 13.2 Å². The van der Waals surface area contributed by atoms with Crippen molar-refractivity contribution in [3.63, 3.8) is 0 Å². The van der Waals surface area contributed by atoms with Crippen LogP contribution in [0.3, 0.4) is 0 Å². The Hall–Kier alpha value is -1.59. The molecule has 0 aliphatic carbocycles. The lowest BCUT2D eigenvalue weighted by Crippen LogP contribution is -2.29. The van der Waals surface area contributed by atoms with E-state index in [1.165, 1.54) is 17.0 Å². The minimum Gasteiger partial charge on any atom is -0.342 e. The van der Waals surface area contributed by atoms with Crippen LogP contribution in [0.1, 0.15) is 30.7 Å². The maximum absolute atomic E-state index is 12.8. The highest BCUT2D eigenvalue weighted by molar-refractivity contribution is 5.76. The molecule has 0 radical (unpaired) electrons. The molecule has 2 nitrogen and oxygen atoms in total. The van der Waals surface area contributed by atoms with E-state index in [1.807, 2.05) is 0 Å². The molecule has 1 fully saturated rings. The highest BCUT2D eigenvalue weighted by Gasteiger charge is 2.32. The first kappa shape index (κ1) is 14.8. The van der Waals surface area contributed by atoms with Gasteiger partial charge < -0.3 is 4.90 Å². The Morgan fingerprint density at radius 2 is 1.90 bits per heavy atom. The zero-order valence-electron chi connectivity index (χ0n) is 10.8. The van der Waals surface area contributed by atoms with Crippen molar-refractivity contribution < 1.29 is 22.4 Å². The van der Waals surface area contributed by atoms with E-state index in [0.717, 1.165) is 5.56 Å². The third kappa shape index (κ3) is 3.95. The fraction of sp³-hybridized carbons (Fsp3) is 0.500. The van der Waals surface area contributed by atoms with E-state index >= 15 is 0 Å². The van der Waals surface area contributed by atoms with Crippen molar-refractivity contribution >= 4 is 5.91 Å². The standard InChI is InChI=1S/C14H15F4NO/c15-12-3-1-10(2-4-12)11-6-8-19(9-11)13(20)5-7-14(16,17)18/h1-4,11H,5-9H2/t11-/m0/s1. The first-order valence-corrected chi connectivity index (χ1v) is 6.45. The van der Waals surface area contributed by atoms with E-state index in [1.54, 1.807) is 12.1 Å². The summed E-state index contributed by atoms with van der Waals surface area (Å²) in [7, 11) is 0. The number of hydrogen-bond acceptors (Lipinski definition) is 1. The molecule has 0 N–H and O–H groups in total. The molecule has 6 heteroatoms. The fourth-order valence-electron chi connectivity index (χ4n) is 2.40. The third-order valence-corrected chi connectivity index (χ3v) is 3.50. The number of benzene rings is 1. The van der Waals surface area contributed by atoms with E-state index in [0.29, 0.717) is 19.5 Å². The molecule has 20 heavy (non-hydrogen) atoms. The summed E-state index contributed by atoms with van der Waals surface area (Å²) >= 11 is 0. The summed E-state index contributed by atoms with van der Waals surface area (Å²) in [6.45, 7) is 0.862. The van der Waals surface area contributed by atoms with Crippen molar-refractivity contribution in [1.29, 1.82) is 0 Å². The van der Waals surface area contributed by atoms with E-state index in [-0.39, 0.29) is 11.7 Å². The number of nitrogens with zero attached hydrogens (tertiary/aromatic N) is 1. The maximum atomic E-state index is 12.8. The van der Waals surface area contributed by atoms with E-state index in [9.17, 15) is 22.4 Å². The lowest BCUT2D eigenvalue weighted by molar-refractivity contribution is -0.148. The Balaban J connectivity index is 1.88. The van der Waals surface area contributed by atoms with Gasteiger partial charge in [-0.1, -0.05) is 12.1 Å². The van der Waals surface area contributed by atoms with Crippen LogP contribution in [0.2, 0.25) is 0 Å². The van der Waals surface area contributed by atoms with Gasteiger partial charge >= 0.3 is 6.18 Å². The van der Waals surface area contributed by atoms with Crippen LogP contribution in [0.15, 0.2) is 24.3 Å². The smallest absolute Gasteiger partial charge is 0.342 e. The average molecular weight is 289 g/mol. The first-order chi connectivity index (χ1) is 9.35. The molecule has 2 rings (SSSR count). The summed E-state index contributed by atoms with van der Waals surface area (Å²) in [4.78, 5) is 13.1. The van der Waals surface area contributed by atoms with Gasteiger partial charge in [0.25, 0.3) is 0 Å². The average Bonchev–Trinajstić information content (AvgIpc) is 2.85. The number of likely N-dealkylation sites (tertiary alicyclic amines) is 1. The van der Waals surface area contributed by atoms with Crippen molar-refractivity contribution in [3.8, 4) is 0 Å². The zero-order chi connectivity index (χ0) is 14.8. The van der Waals surface area contributed by atoms with E-state index < -0.39 is 24.9 Å². The fourth-order valence-corrected chi connectivity index (χ4v) is 2.40. The normalized spacial score (nSPS) is 19.4. The number of carbonyl (C=O) groups is 1. The molecule has 1 saturated heterocycles. The summed E-state index contributed by atoms with van der Waals surface area (Å²) < 4.78 is 49.0. The predicted octanol–water partition coefficient (Wildman–Crippen LogP) is 3.48. The number of hydrogen-bond donors (Lipinski definition) is 0. The third-order valence-electron chi connectivity index (χ3n) is 3.50. The van der Waals surface area contributed by atoms with E-state index in [2.05, 4.69) is 0 Å². The quantitative estimate of drug-likeness (QED) is 0.780. The summed E-state index contributed by atoms with van der Waals surface area (Å²) in [6.07, 6.45) is -5.18. The van der Waals surface area contributed by atoms with Gasteiger partial charge in [-0.25, -0.2) is 4.39 Å². The van der Waals surface area contributed by atoms with Crippen LogP contribution in [-0.2, 0) is 4.79 Å². The monoisotopic (exact) mass is 289 g/mol. The van der Waals surface area contributed by atoms with Crippen LogP contribution >= 0.6 is 0 Å². The van der Waals surface area contributed by atoms with Gasteiger partial charge in [0.2, 0.25) is 5.91 Å². The highest BCUT2D eigenvalue weighted by Crippen LogP contribution is 2.29. The van der Waals surface area contributed by atoms with E-state index in [4.69, 9.17) is 0 Å². The molecule has 110 valence electrons. The Labute approximate surface area is 114 Å². The Kier molecular flexibility index (Phi) is 4.30. The van der Waals surface area contributed by atoms with Crippen LogP contribution in [0.25, 0.3) is 0 Å². The SMILES string of the molecule is O=C(CCC(F)(F)F)N1CC[C@H](c2ccc(F)cc2)C1. The molecular formula is C14H15F4NO. The van der Waals surface area contributed by atoms with Crippen molar-refractivity contribution in [2.24, 2.45) is 0 Å². The molecule has 1 aromatic carbocycles. The number of carbonyl (C=O) groups excluding carboxylic acids is 1. The second kappa shape index (κ2) is 5.81. The second-order valence-electron chi connectivity index (χ2n) is 4.99. The number of amides is 1. The molecule has 0 aromatic heterocycles.